The molecule has 0 spiro atoms. The van der Waals surface area contributed by atoms with Gasteiger partial charge in [-0.3, -0.25) is 14.7 Å². The fraction of sp³-hybridized carbons (Fsp3) is 0.538. The summed E-state index contributed by atoms with van der Waals surface area (Å²) in [5.74, 6) is 0.153. The molecule has 2 aromatic rings. The first-order valence-electron chi connectivity index (χ1n) is 11.8. The average molecular weight is 437 g/mol. The van der Waals surface area contributed by atoms with Gasteiger partial charge in [-0.15, -0.1) is 0 Å². The number of nitrogens with two attached hydrogens (primary N) is 1. The molecule has 1 aromatic carbocycles. The number of carbonyl (C=O) groups is 1. The Morgan fingerprint density at radius 2 is 2.09 bits per heavy atom. The van der Waals surface area contributed by atoms with Gasteiger partial charge < -0.3 is 16.2 Å². The number of rotatable bonds is 5. The number of hydrogen-bond donors (Lipinski definition) is 3. The third-order valence-electron chi connectivity index (χ3n) is 7.48. The Labute approximate surface area is 191 Å². The fourth-order valence-electron chi connectivity index (χ4n) is 5.39. The van der Waals surface area contributed by atoms with E-state index in [-0.39, 0.29) is 5.91 Å². The van der Waals surface area contributed by atoms with Crippen LogP contribution in [0.3, 0.4) is 0 Å². The zero-order valence-corrected chi connectivity index (χ0v) is 19.5. The molecule has 4 N–H and O–H groups in total. The molecule has 1 aromatic heterocycles. The first-order chi connectivity index (χ1) is 15.2. The van der Waals surface area contributed by atoms with E-state index < -0.39 is 5.60 Å². The molecule has 172 valence electrons. The van der Waals surface area contributed by atoms with Crippen LogP contribution >= 0.6 is 0 Å². The molecule has 1 saturated heterocycles. The van der Waals surface area contributed by atoms with Gasteiger partial charge in [-0.05, 0) is 107 Å². The topological polar surface area (TPSA) is 91.5 Å². The number of hydrogen-bond acceptors (Lipinski definition) is 5. The number of benzene rings is 1. The van der Waals surface area contributed by atoms with Gasteiger partial charge in [0.25, 0.3) is 5.91 Å². The molecule has 2 aliphatic rings. The molecule has 1 aliphatic carbocycles. The molecule has 1 unspecified atom stereocenters. The number of aromatic nitrogens is 1. The molecule has 1 saturated carbocycles. The van der Waals surface area contributed by atoms with E-state index in [0.29, 0.717) is 17.5 Å². The van der Waals surface area contributed by atoms with Crippen molar-refractivity contribution in [3.63, 3.8) is 0 Å². The Balaban J connectivity index is 1.70. The molecular weight excluding hydrogens is 400 g/mol. The Bertz CT molecular complexity index is 964. The lowest BCUT2D eigenvalue weighted by molar-refractivity contribution is 0.0170. The lowest BCUT2D eigenvalue weighted by Gasteiger charge is -2.36. The molecule has 0 bridgehead atoms. The second-order valence-electron chi connectivity index (χ2n) is 9.96. The molecule has 32 heavy (non-hydrogen) atoms. The number of likely N-dealkylation sites (tertiary alicyclic amines) is 1. The monoisotopic (exact) mass is 436 g/mol. The van der Waals surface area contributed by atoms with Crippen LogP contribution in [0.1, 0.15) is 85.3 Å². The summed E-state index contributed by atoms with van der Waals surface area (Å²) >= 11 is 0. The number of pyridine rings is 1. The summed E-state index contributed by atoms with van der Waals surface area (Å²) in [6.07, 6.45) is 9.09. The quantitative estimate of drug-likeness (QED) is 0.595. The number of aliphatic hydroxyl groups is 1. The van der Waals surface area contributed by atoms with Gasteiger partial charge in [-0.25, -0.2) is 0 Å². The molecule has 1 aliphatic heterocycles. The van der Waals surface area contributed by atoms with Gasteiger partial charge in [-0.2, -0.15) is 0 Å². The highest BCUT2D eigenvalue weighted by molar-refractivity contribution is 6.04. The third-order valence-corrected chi connectivity index (χ3v) is 7.48. The summed E-state index contributed by atoms with van der Waals surface area (Å²) in [6, 6.07) is 5.99. The number of anilines is 2. The van der Waals surface area contributed by atoms with Crippen molar-refractivity contribution in [2.24, 2.45) is 0 Å². The second kappa shape index (κ2) is 9.20. The van der Waals surface area contributed by atoms with E-state index in [1.165, 1.54) is 24.0 Å². The Morgan fingerprint density at radius 3 is 2.72 bits per heavy atom. The van der Waals surface area contributed by atoms with E-state index in [4.69, 9.17) is 5.73 Å². The maximum absolute atomic E-state index is 12.8. The maximum atomic E-state index is 12.8. The van der Waals surface area contributed by atoms with Gasteiger partial charge in [0.05, 0.1) is 11.2 Å². The first-order valence-corrected chi connectivity index (χ1v) is 11.8. The summed E-state index contributed by atoms with van der Waals surface area (Å²) in [5.41, 5.74) is 11.6. The number of carbonyl (C=O) groups excluding carboxylic acids is 1. The smallest absolute Gasteiger partial charge is 0.257 e. The summed E-state index contributed by atoms with van der Waals surface area (Å²) in [5, 5.41) is 13.6. The Morgan fingerprint density at radius 1 is 1.34 bits per heavy atom. The van der Waals surface area contributed by atoms with Crippen molar-refractivity contribution in [1.82, 2.24) is 9.88 Å². The van der Waals surface area contributed by atoms with Crippen LogP contribution in [0, 0.1) is 6.92 Å². The van der Waals surface area contributed by atoms with E-state index in [0.717, 1.165) is 55.7 Å². The van der Waals surface area contributed by atoms with Crippen molar-refractivity contribution in [2.45, 2.75) is 83.4 Å². The van der Waals surface area contributed by atoms with Crippen LogP contribution in [-0.4, -0.2) is 39.1 Å². The van der Waals surface area contributed by atoms with Crippen LogP contribution < -0.4 is 11.1 Å². The van der Waals surface area contributed by atoms with Crippen molar-refractivity contribution in [2.75, 3.05) is 17.6 Å². The minimum atomic E-state index is -0.592. The van der Waals surface area contributed by atoms with Gasteiger partial charge in [0, 0.05) is 36.4 Å². The van der Waals surface area contributed by atoms with E-state index >= 15 is 0 Å². The van der Waals surface area contributed by atoms with Crippen LogP contribution in [0.5, 0.6) is 0 Å². The van der Waals surface area contributed by atoms with Gasteiger partial charge >= 0.3 is 0 Å². The summed E-state index contributed by atoms with van der Waals surface area (Å²) in [4.78, 5) is 19.4. The van der Waals surface area contributed by atoms with Gasteiger partial charge in [-0.1, -0.05) is 0 Å². The first kappa shape index (κ1) is 22.7. The SMILES string of the molecule is Cc1c(NC(=O)c2cccnc2)cc(N)c(CN2CCCC2C)c1C1CCC(C)(O)CC1. The van der Waals surface area contributed by atoms with Crippen LogP contribution in [0.4, 0.5) is 11.4 Å². The highest BCUT2D eigenvalue weighted by Crippen LogP contribution is 2.44. The molecule has 2 heterocycles. The molecule has 1 atom stereocenters. The van der Waals surface area contributed by atoms with Crippen LogP contribution in [0.25, 0.3) is 0 Å². The molecule has 1 amide bonds. The predicted octanol–water partition coefficient (Wildman–Crippen LogP) is 4.62. The zero-order chi connectivity index (χ0) is 22.9. The number of amides is 1. The average Bonchev–Trinajstić information content (AvgIpc) is 3.17. The van der Waals surface area contributed by atoms with E-state index in [9.17, 15) is 9.90 Å². The third kappa shape index (κ3) is 4.81. The molecule has 6 heteroatoms. The molecule has 6 nitrogen and oxygen atoms in total. The highest BCUT2D eigenvalue weighted by atomic mass is 16.3. The highest BCUT2D eigenvalue weighted by Gasteiger charge is 2.33. The summed E-state index contributed by atoms with van der Waals surface area (Å²) in [6.45, 7) is 8.25. The van der Waals surface area contributed by atoms with Crippen molar-refractivity contribution < 1.29 is 9.90 Å². The summed E-state index contributed by atoms with van der Waals surface area (Å²) < 4.78 is 0. The molecule has 4 rings (SSSR count). The molecule has 0 radical (unpaired) electrons. The number of nitrogen functional groups attached to an aromatic ring is 1. The van der Waals surface area contributed by atoms with Gasteiger partial charge in [0.15, 0.2) is 0 Å². The lowest BCUT2D eigenvalue weighted by atomic mass is 9.74. The van der Waals surface area contributed by atoms with Crippen molar-refractivity contribution in [3.05, 3.63) is 52.8 Å². The standard InChI is InChI=1S/C26H36N4O2/c1-17-6-5-13-30(17)16-21-22(27)14-23(29-25(31)20-7-4-12-28-15-20)18(2)24(21)19-8-10-26(3,32)11-9-19/h4,7,12,14-15,17,19,32H,5-6,8-11,13,16,27H2,1-3H3,(H,29,31). The maximum Gasteiger partial charge on any atom is 0.257 e. The number of nitrogens with zero attached hydrogens (tertiary/aromatic N) is 2. The Kier molecular flexibility index (Phi) is 6.54. The van der Waals surface area contributed by atoms with E-state index in [1.54, 1.807) is 24.5 Å². The Hall–Kier alpha value is -2.44. The van der Waals surface area contributed by atoms with Gasteiger partial charge in [0.1, 0.15) is 0 Å². The van der Waals surface area contributed by atoms with Gasteiger partial charge in [0.2, 0.25) is 0 Å². The largest absolute Gasteiger partial charge is 0.398 e. The minimum Gasteiger partial charge on any atom is -0.398 e. The minimum absolute atomic E-state index is 0.181. The van der Waals surface area contributed by atoms with Crippen LogP contribution in [0.15, 0.2) is 30.6 Å². The van der Waals surface area contributed by atoms with Crippen molar-refractivity contribution in [3.8, 4) is 0 Å². The number of nitrogens with one attached hydrogen (secondary N) is 1. The predicted molar refractivity (Wildman–Crippen MR) is 129 cm³/mol. The fourth-order valence-corrected chi connectivity index (χ4v) is 5.39. The normalized spacial score (nSPS) is 26.2. The van der Waals surface area contributed by atoms with Crippen LogP contribution in [-0.2, 0) is 6.54 Å². The van der Waals surface area contributed by atoms with Crippen molar-refractivity contribution >= 4 is 17.3 Å². The molecule has 2 fully saturated rings. The second-order valence-corrected chi connectivity index (χ2v) is 9.96. The summed E-state index contributed by atoms with van der Waals surface area (Å²) in [7, 11) is 0. The van der Waals surface area contributed by atoms with E-state index in [2.05, 4.69) is 29.0 Å². The van der Waals surface area contributed by atoms with E-state index in [1.807, 2.05) is 13.0 Å². The zero-order valence-electron chi connectivity index (χ0n) is 19.5. The van der Waals surface area contributed by atoms with Crippen molar-refractivity contribution in [1.29, 1.82) is 0 Å². The molecular formula is C26H36N4O2. The lowest BCUT2D eigenvalue weighted by Crippen LogP contribution is -2.31. The van der Waals surface area contributed by atoms with Crippen LogP contribution in [0.2, 0.25) is 0 Å².